The molecule has 33 heavy (non-hydrogen) atoms. The number of amides is 1. The monoisotopic (exact) mass is 502 g/mol. The second kappa shape index (κ2) is 10.7. The Hall–Kier alpha value is -3.10. The van der Waals surface area contributed by atoms with Gasteiger partial charge in [-0.25, -0.2) is 0 Å². The van der Waals surface area contributed by atoms with E-state index in [1.807, 2.05) is 36.4 Å². The molecule has 168 valence electrons. The van der Waals surface area contributed by atoms with Gasteiger partial charge in [-0.05, 0) is 74.8 Å². The molecule has 0 unspecified atom stereocenters. The third-order valence-electron chi connectivity index (χ3n) is 6.32. The van der Waals surface area contributed by atoms with Crippen LogP contribution in [-0.4, -0.2) is 11.9 Å². The molecule has 4 rings (SSSR count). The summed E-state index contributed by atoms with van der Waals surface area (Å²) < 4.78 is 6.84. The van der Waals surface area contributed by atoms with E-state index in [0.717, 1.165) is 34.9 Å². The Morgan fingerprint density at radius 2 is 1.94 bits per heavy atom. The molecule has 0 aliphatic heterocycles. The van der Waals surface area contributed by atoms with Crippen LogP contribution >= 0.6 is 15.9 Å². The zero-order valence-electron chi connectivity index (χ0n) is 18.7. The van der Waals surface area contributed by atoms with Crippen molar-refractivity contribution in [1.82, 2.24) is 5.32 Å². The third-order valence-corrected chi connectivity index (χ3v) is 6.94. The SMILES string of the molecule is C[C@H]1CCCC[C@@H]1NC(=O)/C(C#N)=C/c1ccc(OCc2cccc3ccccc23)c(Br)c1. The molecule has 1 saturated carbocycles. The smallest absolute Gasteiger partial charge is 0.262 e. The largest absolute Gasteiger partial charge is 0.488 e. The van der Waals surface area contributed by atoms with E-state index >= 15 is 0 Å². The zero-order chi connectivity index (χ0) is 23.2. The normalized spacial score (nSPS) is 18.5. The topological polar surface area (TPSA) is 62.1 Å². The van der Waals surface area contributed by atoms with Crippen LogP contribution in [0.1, 0.15) is 43.7 Å². The van der Waals surface area contributed by atoms with E-state index in [1.165, 1.54) is 17.2 Å². The van der Waals surface area contributed by atoms with Crippen LogP contribution in [0.25, 0.3) is 16.8 Å². The van der Waals surface area contributed by atoms with Gasteiger partial charge in [-0.2, -0.15) is 5.26 Å². The van der Waals surface area contributed by atoms with Crippen LogP contribution in [0.2, 0.25) is 0 Å². The summed E-state index contributed by atoms with van der Waals surface area (Å²) in [6.07, 6.45) is 6.04. The van der Waals surface area contributed by atoms with Crippen molar-refractivity contribution in [1.29, 1.82) is 5.26 Å². The Morgan fingerprint density at radius 3 is 2.73 bits per heavy atom. The lowest BCUT2D eigenvalue weighted by molar-refractivity contribution is -0.118. The van der Waals surface area contributed by atoms with Crippen molar-refractivity contribution >= 4 is 38.7 Å². The number of rotatable bonds is 6. The molecule has 0 heterocycles. The van der Waals surface area contributed by atoms with Crippen molar-refractivity contribution in [2.75, 3.05) is 0 Å². The number of hydrogen-bond donors (Lipinski definition) is 1. The van der Waals surface area contributed by atoms with Gasteiger partial charge in [0, 0.05) is 6.04 Å². The molecule has 0 bridgehead atoms. The second-order valence-electron chi connectivity index (χ2n) is 8.63. The van der Waals surface area contributed by atoms with Gasteiger partial charge in [0.2, 0.25) is 0 Å². The number of carbonyl (C=O) groups excluding carboxylic acids is 1. The Bertz CT molecular complexity index is 1220. The molecule has 4 nitrogen and oxygen atoms in total. The Kier molecular flexibility index (Phi) is 7.47. The molecule has 1 amide bonds. The highest BCUT2D eigenvalue weighted by molar-refractivity contribution is 9.10. The van der Waals surface area contributed by atoms with Gasteiger partial charge in [-0.15, -0.1) is 0 Å². The van der Waals surface area contributed by atoms with Crippen molar-refractivity contribution in [2.24, 2.45) is 5.92 Å². The molecule has 2 atom stereocenters. The van der Waals surface area contributed by atoms with Gasteiger partial charge < -0.3 is 10.1 Å². The highest BCUT2D eigenvalue weighted by Crippen LogP contribution is 2.29. The first-order valence-electron chi connectivity index (χ1n) is 11.4. The molecule has 0 saturated heterocycles. The molecule has 0 spiro atoms. The summed E-state index contributed by atoms with van der Waals surface area (Å²) in [5.41, 5.74) is 2.00. The zero-order valence-corrected chi connectivity index (χ0v) is 20.3. The van der Waals surface area contributed by atoms with Crippen molar-refractivity contribution in [3.8, 4) is 11.8 Å². The minimum atomic E-state index is -0.302. The highest BCUT2D eigenvalue weighted by Gasteiger charge is 2.24. The van der Waals surface area contributed by atoms with E-state index in [1.54, 1.807) is 6.08 Å². The molecular formula is C28H27BrN2O2. The van der Waals surface area contributed by atoms with Crippen LogP contribution < -0.4 is 10.1 Å². The predicted molar refractivity (Wildman–Crippen MR) is 136 cm³/mol. The second-order valence-corrected chi connectivity index (χ2v) is 9.48. The Labute approximate surface area is 203 Å². The van der Waals surface area contributed by atoms with Gasteiger partial charge in [0.1, 0.15) is 24.0 Å². The molecule has 1 fully saturated rings. The lowest BCUT2D eigenvalue weighted by Crippen LogP contribution is -2.41. The number of benzene rings is 3. The van der Waals surface area contributed by atoms with Crippen LogP contribution in [-0.2, 0) is 11.4 Å². The van der Waals surface area contributed by atoms with Gasteiger partial charge in [-0.1, -0.05) is 68.3 Å². The summed E-state index contributed by atoms with van der Waals surface area (Å²) in [5, 5.41) is 15.0. The van der Waals surface area contributed by atoms with E-state index in [9.17, 15) is 10.1 Å². The number of carbonyl (C=O) groups is 1. The van der Waals surface area contributed by atoms with Gasteiger partial charge in [0.05, 0.1) is 4.47 Å². The maximum absolute atomic E-state index is 12.7. The minimum Gasteiger partial charge on any atom is -0.488 e. The number of nitriles is 1. The summed E-state index contributed by atoms with van der Waals surface area (Å²) in [6.45, 7) is 2.61. The molecule has 0 aromatic heterocycles. The average Bonchev–Trinajstić information content (AvgIpc) is 2.83. The molecule has 1 aliphatic rings. The fourth-order valence-electron chi connectivity index (χ4n) is 4.39. The lowest BCUT2D eigenvalue weighted by atomic mass is 9.86. The molecule has 1 aliphatic carbocycles. The van der Waals surface area contributed by atoms with Crippen LogP contribution in [0.4, 0.5) is 0 Å². The molecule has 3 aromatic rings. The molecule has 3 aromatic carbocycles. The molecule has 0 radical (unpaired) electrons. The maximum atomic E-state index is 12.7. The van der Waals surface area contributed by atoms with Crippen molar-refractivity contribution in [3.05, 3.63) is 81.8 Å². The van der Waals surface area contributed by atoms with Crippen LogP contribution in [0.3, 0.4) is 0 Å². The first kappa shape index (κ1) is 23.1. The average molecular weight is 503 g/mol. The molecule has 1 N–H and O–H groups in total. The number of halogens is 1. The molecular weight excluding hydrogens is 476 g/mol. The van der Waals surface area contributed by atoms with Crippen molar-refractivity contribution in [3.63, 3.8) is 0 Å². The Balaban J connectivity index is 1.45. The third kappa shape index (κ3) is 5.64. The Morgan fingerprint density at radius 1 is 1.15 bits per heavy atom. The first-order chi connectivity index (χ1) is 16.0. The number of ether oxygens (including phenoxy) is 1. The fourth-order valence-corrected chi connectivity index (χ4v) is 4.90. The summed E-state index contributed by atoms with van der Waals surface area (Å²) >= 11 is 3.57. The van der Waals surface area contributed by atoms with Crippen molar-refractivity contribution < 1.29 is 9.53 Å². The van der Waals surface area contributed by atoms with Gasteiger partial charge in [-0.3, -0.25) is 4.79 Å². The van der Waals surface area contributed by atoms with Crippen LogP contribution in [0.15, 0.2) is 70.7 Å². The molecule has 5 heteroatoms. The summed E-state index contributed by atoms with van der Waals surface area (Å²) in [5.74, 6) is 0.845. The fraction of sp³-hybridized carbons (Fsp3) is 0.286. The van der Waals surface area contributed by atoms with Gasteiger partial charge >= 0.3 is 0 Å². The predicted octanol–water partition coefficient (Wildman–Crippen LogP) is 6.78. The quantitative estimate of drug-likeness (QED) is 0.298. The van der Waals surface area contributed by atoms with E-state index in [2.05, 4.69) is 58.5 Å². The van der Waals surface area contributed by atoms with E-state index in [4.69, 9.17) is 4.74 Å². The van der Waals surface area contributed by atoms with E-state index in [-0.39, 0.29) is 17.5 Å². The summed E-state index contributed by atoms with van der Waals surface area (Å²) in [6, 6.07) is 22.2. The number of nitrogens with one attached hydrogen (secondary N) is 1. The van der Waals surface area contributed by atoms with Crippen molar-refractivity contribution in [2.45, 2.75) is 45.3 Å². The number of hydrogen-bond acceptors (Lipinski definition) is 3. The lowest BCUT2D eigenvalue weighted by Gasteiger charge is -2.29. The van der Waals surface area contributed by atoms with E-state index in [0.29, 0.717) is 18.3 Å². The van der Waals surface area contributed by atoms with Gasteiger partial charge in [0.15, 0.2) is 0 Å². The first-order valence-corrected chi connectivity index (χ1v) is 12.2. The van der Waals surface area contributed by atoms with E-state index < -0.39 is 0 Å². The van der Waals surface area contributed by atoms with Crippen LogP contribution in [0.5, 0.6) is 5.75 Å². The van der Waals surface area contributed by atoms with Crippen LogP contribution in [0, 0.1) is 17.2 Å². The maximum Gasteiger partial charge on any atom is 0.262 e. The summed E-state index contributed by atoms with van der Waals surface area (Å²) in [7, 11) is 0. The van der Waals surface area contributed by atoms with Gasteiger partial charge in [0.25, 0.3) is 5.91 Å². The number of fused-ring (bicyclic) bond motifs is 1. The number of nitrogens with zero attached hydrogens (tertiary/aromatic N) is 1. The summed E-state index contributed by atoms with van der Waals surface area (Å²) in [4.78, 5) is 12.7. The standard InChI is InChI=1S/C28H27BrN2O2/c1-19-7-2-5-12-26(19)31-28(32)23(17-30)15-20-13-14-27(25(29)16-20)33-18-22-10-6-9-21-8-3-4-11-24(21)22/h3-4,6,8-11,13-16,19,26H,2,5,7,12,18H2,1H3,(H,31,32)/b23-15+/t19-,26-/m0/s1. The minimum absolute atomic E-state index is 0.115. The highest BCUT2D eigenvalue weighted by atomic mass is 79.9.